The lowest BCUT2D eigenvalue weighted by atomic mass is 9.85. The molecule has 1 heterocycles. The molecule has 0 saturated carbocycles. The normalized spacial score (nSPS) is 13.4. The first-order valence-corrected chi connectivity index (χ1v) is 7.31. The van der Waals surface area contributed by atoms with Crippen LogP contribution < -0.4 is 5.32 Å². The fourth-order valence-corrected chi connectivity index (χ4v) is 2.38. The Labute approximate surface area is 117 Å². The van der Waals surface area contributed by atoms with Crippen molar-refractivity contribution in [2.75, 3.05) is 5.33 Å². The van der Waals surface area contributed by atoms with Crippen molar-refractivity contribution in [1.29, 1.82) is 0 Å². The molecule has 1 atom stereocenters. The van der Waals surface area contributed by atoms with Crippen LogP contribution >= 0.6 is 15.9 Å². The van der Waals surface area contributed by atoms with E-state index in [9.17, 15) is 4.79 Å². The first-order chi connectivity index (χ1) is 8.25. The summed E-state index contributed by atoms with van der Waals surface area (Å²) < 4.78 is 5.39. The smallest absolute Gasteiger partial charge is 0.255 e. The van der Waals surface area contributed by atoms with E-state index in [-0.39, 0.29) is 17.4 Å². The molecule has 1 aromatic rings. The van der Waals surface area contributed by atoms with Crippen LogP contribution in [0, 0.1) is 19.3 Å². The van der Waals surface area contributed by atoms with Gasteiger partial charge in [0.2, 0.25) is 0 Å². The van der Waals surface area contributed by atoms with Gasteiger partial charge in [-0.2, -0.15) is 0 Å². The van der Waals surface area contributed by atoms with Gasteiger partial charge >= 0.3 is 0 Å². The van der Waals surface area contributed by atoms with E-state index in [0.717, 1.165) is 17.5 Å². The van der Waals surface area contributed by atoms with Gasteiger partial charge in [-0.3, -0.25) is 4.79 Å². The van der Waals surface area contributed by atoms with Crippen LogP contribution in [-0.2, 0) is 0 Å². The highest BCUT2D eigenvalue weighted by atomic mass is 79.9. The van der Waals surface area contributed by atoms with E-state index < -0.39 is 0 Å². The summed E-state index contributed by atoms with van der Waals surface area (Å²) in [7, 11) is 0. The molecule has 18 heavy (non-hydrogen) atoms. The molecule has 0 aliphatic carbocycles. The summed E-state index contributed by atoms with van der Waals surface area (Å²) in [5.41, 5.74) is 0.673. The van der Waals surface area contributed by atoms with Crippen LogP contribution in [0.15, 0.2) is 10.5 Å². The molecule has 1 unspecified atom stereocenters. The number of furan rings is 1. The lowest BCUT2D eigenvalue weighted by molar-refractivity contribution is 0.0899. The van der Waals surface area contributed by atoms with Gasteiger partial charge in [-0.05, 0) is 31.7 Å². The molecule has 0 spiro atoms. The Bertz CT molecular complexity index is 418. The molecule has 0 saturated heterocycles. The molecule has 1 aromatic heterocycles. The SMILES string of the molecule is Cc1cc(C(=O)NC(CCBr)C(C)(C)C)c(C)o1. The second-order valence-electron chi connectivity index (χ2n) is 5.70. The number of nitrogens with one attached hydrogen (secondary N) is 1. The van der Waals surface area contributed by atoms with E-state index in [4.69, 9.17) is 4.42 Å². The van der Waals surface area contributed by atoms with Gasteiger partial charge in [0, 0.05) is 11.4 Å². The zero-order valence-electron chi connectivity index (χ0n) is 11.8. The van der Waals surface area contributed by atoms with Gasteiger partial charge < -0.3 is 9.73 Å². The van der Waals surface area contributed by atoms with E-state index in [1.54, 1.807) is 6.07 Å². The fourth-order valence-electron chi connectivity index (χ4n) is 1.92. The molecule has 0 radical (unpaired) electrons. The molecule has 0 fully saturated rings. The van der Waals surface area contributed by atoms with Crippen molar-refractivity contribution in [2.45, 2.75) is 47.1 Å². The predicted molar refractivity (Wildman–Crippen MR) is 77.3 cm³/mol. The summed E-state index contributed by atoms with van der Waals surface area (Å²) in [6.07, 6.45) is 0.908. The van der Waals surface area contributed by atoms with Gasteiger partial charge in [0.1, 0.15) is 11.5 Å². The summed E-state index contributed by atoms with van der Waals surface area (Å²) in [4.78, 5) is 12.2. The van der Waals surface area contributed by atoms with E-state index in [1.165, 1.54) is 0 Å². The first-order valence-electron chi connectivity index (χ1n) is 6.19. The Morgan fingerprint density at radius 1 is 1.44 bits per heavy atom. The second kappa shape index (κ2) is 5.91. The minimum atomic E-state index is -0.0507. The number of rotatable bonds is 4. The van der Waals surface area contributed by atoms with Crippen molar-refractivity contribution in [3.8, 4) is 0 Å². The summed E-state index contributed by atoms with van der Waals surface area (Å²) in [5.74, 6) is 1.40. The third-order valence-corrected chi connectivity index (χ3v) is 3.49. The first kappa shape index (κ1) is 15.3. The maximum atomic E-state index is 12.2. The highest BCUT2D eigenvalue weighted by Crippen LogP contribution is 2.23. The Morgan fingerprint density at radius 3 is 2.44 bits per heavy atom. The number of alkyl halides is 1. The average Bonchev–Trinajstić information content (AvgIpc) is 2.55. The maximum Gasteiger partial charge on any atom is 0.255 e. The number of aryl methyl sites for hydroxylation is 2. The summed E-state index contributed by atoms with van der Waals surface area (Å²) in [6, 6.07) is 1.93. The highest BCUT2D eigenvalue weighted by Gasteiger charge is 2.27. The van der Waals surface area contributed by atoms with Gasteiger partial charge in [0.05, 0.1) is 5.56 Å². The van der Waals surface area contributed by atoms with Crippen LogP contribution in [0.2, 0.25) is 0 Å². The molecule has 1 N–H and O–H groups in total. The van der Waals surface area contributed by atoms with Gasteiger partial charge in [0.15, 0.2) is 0 Å². The summed E-state index contributed by atoms with van der Waals surface area (Å²) in [5, 5.41) is 3.97. The minimum Gasteiger partial charge on any atom is -0.466 e. The molecule has 4 heteroatoms. The molecule has 102 valence electrons. The van der Waals surface area contributed by atoms with E-state index >= 15 is 0 Å². The molecule has 0 aliphatic rings. The van der Waals surface area contributed by atoms with Crippen molar-refractivity contribution in [3.05, 3.63) is 23.2 Å². The largest absolute Gasteiger partial charge is 0.466 e. The molecule has 3 nitrogen and oxygen atoms in total. The number of carbonyl (C=O) groups is 1. The zero-order chi connectivity index (χ0) is 13.9. The lowest BCUT2D eigenvalue weighted by Crippen LogP contribution is -2.44. The van der Waals surface area contributed by atoms with E-state index in [1.807, 2.05) is 13.8 Å². The van der Waals surface area contributed by atoms with Gasteiger partial charge in [0.25, 0.3) is 5.91 Å². The van der Waals surface area contributed by atoms with Gasteiger partial charge in [-0.1, -0.05) is 36.7 Å². The summed E-state index contributed by atoms with van der Waals surface area (Å²) in [6.45, 7) is 10.1. The van der Waals surface area contributed by atoms with Crippen molar-refractivity contribution < 1.29 is 9.21 Å². The third-order valence-electron chi connectivity index (χ3n) is 3.03. The van der Waals surface area contributed by atoms with Crippen molar-refractivity contribution in [2.24, 2.45) is 5.41 Å². The van der Waals surface area contributed by atoms with Crippen LogP contribution in [0.4, 0.5) is 0 Å². The minimum absolute atomic E-state index is 0.0378. The average molecular weight is 316 g/mol. The van der Waals surface area contributed by atoms with Gasteiger partial charge in [-0.25, -0.2) is 0 Å². The molecule has 1 rings (SSSR count). The lowest BCUT2D eigenvalue weighted by Gasteiger charge is -2.31. The van der Waals surface area contributed by atoms with Crippen LogP contribution in [0.5, 0.6) is 0 Å². The number of hydrogen-bond acceptors (Lipinski definition) is 2. The van der Waals surface area contributed by atoms with Crippen molar-refractivity contribution in [1.82, 2.24) is 5.32 Å². The van der Waals surface area contributed by atoms with Crippen LogP contribution in [0.1, 0.15) is 49.1 Å². The third kappa shape index (κ3) is 3.87. The number of halogens is 1. The monoisotopic (exact) mass is 315 g/mol. The maximum absolute atomic E-state index is 12.2. The molecule has 0 aromatic carbocycles. The standard InChI is InChI=1S/C14H22BrNO2/c1-9-8-11(10(2)18-9)13(17)16-12(6-7-15)14(3,4)5/h8,12H,6-7H2,1-5H3,(H,16,17). The Balaban J connectivity index is 2.82. The molecular weight excluding hydrogens is 294 g/mol. The Hall–Kier alpha value is -0.770. The van der Waals surface area contributed by atoms with Crippen LogP contribution in [0.25, 0.3) is 0 Å². The van der Waals surface area contributed by atoms with Crippen LogP contribution in [0.3, 0.4) is 0 Å². The van der Waals surface area contributed by atoms with Crippen molar-refractivity contribution in [3.63, 3.8) is 0 Å². The predicted octanol–water partition coefficient (Wildman–Crippen LogP) is 3.83. The molecule has 1 amide bonds. The van der Waals surface area contributed by atoms with E-state index in [2.05, 4.69) is 42.0 Å². The Morgan fingerprint density at radius 2 is 2.06 bits per heavy atom. The van der Waals surface area contributed by atoms with Gasteiger partial charge in [-0.15, -0.1) is 0 Å². The van der Waals surface area contributed by atoms with E-state index in [0.29, 0.717) is 11.3 Å². The Kier molecular flexibility index (Phi) is 5.02. The number of amides is 1. The molecular formula is C14H22BrNO2. The number of hydrogen-bond donors (Lipinski definition) is 1. The van der Waals surface area contributed by atoms with Crippen molar-refractivity contribution >= 4 is 21.8 Å². The number of carbonyl (C=O) groups excluding carboxylic acids is 1. The fraction of sp³-hybridized carbons (Fsp3) is 0.643. The molecule has 0 aliphatic heterocycles. The molecule has 0 bridgehead atoms. The van der Waals surface area contributed by atoms with Crippen LogP contribution in [-0.4, -0.2) is 17.3 Å². The zero-order valence-corrected chi connectivity index (χ0v) is 13.3. The highest BCUT2D eigenvalue weighted by molar-refractivity contribution is 9.09. The second-order valence-corrected chi connectivity index (χ2v) is 6.49. The summed E-state index contributed by atoms with van der Waals surface area (Å²) >= 11 is 3.44. The quantitative estimate of drug-likeness (QED) is 0.858. The topological polar surface area (TPSA) is 42.2 Å².